The smallest absolute Gasteiger partial charge is 0.194 e. The number of halogens is 2. The van der Waals surface area contributed by atoms with Gasteiger partial charge in [-0.25, -0.2) is 0 Å². The van der Waals surface area contributed by atoms with Crippen molar-refractivity contribution in [3.8, 4) is 0 Å². The van der Waals surface area contributed by atoms with Gasteiger partial charge < -0.3 is 5.73 Å². The largest absolute Gasteiger partial charge is 0.309 e. The molecule has 0 bridgehead atoms. The summed E-state index contributed by atoms with van der Waals surface area (Å²) in [7, 11) is 0. The highest BCUT2D eigenvalue weighted by molar-refractivity contribution is 9.10. The lowest BCUT2D eigenvalue weighted by Crippen LogP contribution is -2.23. The molecule has 2 nitrogen and oxygen atoms in total. The number of hydrogen-bond donors (Lipinski definition) is 1. The number of rotatable bonds is 2. The summed E-state index contributed by atoms with van der Waals surface area (Å²) < 4.78 is 0.839. The molecule has 0 aliphatic carbocycles. The van der Waals surface area contributed by atoms with E-state index in [0.717, 1.165) is 4.47 Å². The highest BCUT2D eigenvalue weighted by Gasteiger charge is 2.11. The van der Waals surface area contributed by atoms with Crippen LogP contribution in [-0.2, 0) is 0 Å². The zero-order valence-corrected chi connectivity index (χ0v) is 8.47. The monoisotopic (exact) mass is 247 g/mol. The van der Waals surface area contributed by atoms with Crippen LogP contribution in [0.4, 0.5) is 0 Å². The van der Waals surface area contributed by atoms with Crippen LogP contribution in [0, 0.1) is 0 Å². The van der Waals surface area contributed by atoms with Crippen molar-refractivity contribution < 1.29 is 4.79 Å². The van der Waals surface area contributed by atoms with E-state index in [9.17, 15) is 4.79 Å². The van der Waals surface area contributed by atoms with E-state index in [1.165, 1.54) is 0 Å². The van der Waals surface area contributed by atoms with Gasteiger partial charge in [-0.3, -0.25) is 4.79 Å². The van der Waals surface area contributed by atoms with Crippen molar-refractivity contribution >= 4 is 33.3 Å². The van der Waals surface area contributed by atoms with Gasteiger partial charge in [-0.2, -0.15) is 0 Å². The van der Waals surface area contributed by atoms with Crippen molar-refractivity contribution in [1.29, 1.82) is 0 Å². The molecule has 1 aromatic rings. The fourth-order valence-corrected chi connectivity index (χ4v) is 1.33. The molecule has 0 saturated carbocycles. The Bertz CT molecular complexity index is 301. The maximum absolute atomic E-state index is 11.2. The number of nitrogens with two attached hydrogens (primary N) is 1. The van der Waals surface area contributed by atoms with Crippen LogP contribution in [-0.4, -0.2) is 11.3 Å². The first kappa shape index (κ1) is 9.71. The molecule has 0 heterocycles. The molecule has 4 heteroatoms. The van der Waals surface area contributed by atoms with Crippen molar-refractivity contribution in [3.05, 3.63) is 34.3 Å². The van der Waals surface area contributed by atoms with Gasteiger partial charge in [-0.1, -0.05) is 39.7 Å². The maximum atomic E-state index is 11.2. The van der Waals surface area contributed by atoms with Crippen LogP contribution >= 0.6 is 27.5 Å². The fraction of sp³-hybridized carbons (Fsp3) is 0.125. The van der Waals surface area contributed by atoms with Gasteiger partial charge in [0.25, 0.3) is 0 Å². The normalized spacial score (nSPS) is 12.6. The van der Waals surface area contributed by atoms with E-state index in [0.29, 0.717) is 5.56 Å². The minimum atomic E-state index is -0.959. The average molecular weight is 249 g/mol. The standard InChI is InChI=1S/C8H7BrClNO/c9-6-3-1-2-5(4-6)7(12)8(10)11/h1-4,8H,11H2. The summed E-state index contributed by atoms with van der Waals surface area (Å²) in [5.41, 5.74) is 4.78. The molecule has 0 saturated heterocycles. The van der Waals surface area contributed by atoms with E-state index in [1.54, 1.807) is 18.2 Å². The Balaban J connectivity index is 2.96. The van der Waals surface area contributed by atoms with Gasteiger partial charge >= 0.3 is 0 Å². The number of carbonyl (C=O) groups is 1. The summed E-state index contributed by atoms with van der Waals surface area (Å²) in [6, 6.07) is 6.95. The molecule has 12 heavy (non-hydrogen) atoms. The van der Waals surface area contributed by atoms with Gasteiger partial charge in [0.15, 0.2) is 5.78 Å². The summed E-state index contributed by atoms with van der Waals surface area (Å²) in [4.78, 5) is 11.2. The Morgan fingerprint density at radius 3 is 2.75 bits per heavy atom. The van der Waals surface area contributed by atoms with Crippen molar-refractivity contribution in [2.24, 2.45) is 5.73 Å². The Morgan fingerprint density at radius 1 is 1.58 bits per heavy atom. The predicted octanol–water partition coefficient (Wildman–Crippen LogP) is 2.16. The lowest BCUT2D eigenvalue weighted by molar-refractivity contribution is 0.0988. The number of ketones is 1. The molecule has 1 unspecified atom stereocenters. The third-order valence-corrected chi connectivity index (χ3v) is 2.05. The van der Waals surface area contributed by atoms with Gasteiger partial charge in [0.05, 0.1) is 0 Å². The third-order valence-electron chi connectivity index (χ3n) is 1.36. The van der Waals surface area contributed by atoms with Crippen LogP contribution in [0.2, 0.25) is 0 Å². The molecule has 64 valence electrons. The SMILES string of the molecule is NC(Cl)C(=O)c1cccc(Br)c1. The number of carbonyl (C=O) groups excluding carboxylic acids is 1. The molecular weight excluding hydrogens is 241 g/mol. The van der Waals surface area contributed by atoms with Crippen molar-refractivity contribution in [2.45, 2.75) is 5.50 Å². The molecule has 0 aromatic heterocycles. The van der Waals surface area contributed by atoms with Crippen LogP contribution < -0.4 is 5.73 Å². The first-order chi connectivity index (χ1) is 5.61. The summed E-state index contributed by atoms with van der Waals surface area (Å²) in [5.74, 6) is -0.266. The molecule has 2 N–H and O–H groups in total. The molecule has 1 rings (SSSR count). The second kappa shape index (κ2) is 4.03. The quantitative estimate of drug-likeness (QED) is 0.495. The molecule has 1 aromatic carbocycles. The van der Waals surface area contributed by atoms with Crippen LogP contribution in [0.1, 0.15) is 10.4 Å². The number of hydrogen-bond acceptors (Lipinski definition) is 2. The van der Waals surface area contributed by atoms with Crippen LogP contribution in [0.5, 0.6) is 0 Å². The van der Waals surface area contributed by atoms with Gasteiger partial charge in [0.2, 0.25) is 0 Å². The molecule has 0 amide bonds. The van der Waals surface area contributed by atoms with Gasteiger partial charge in [0, 0.05) is 10.0 Å². The van der Waals surface area contributed by atoms with E-state index in [4.69, 9.17) is 17.3 Å². The van der Waals surface area contributed by atoms with E-state index in [2.05, 4.69) is 15.9 Å². The number of Topliss-reactive ketones (excluding diaryl/α,β-unsaturated/α-hetero) is 1. The summed E-state index contributed by atoms with van der Waals surface area (Å²) in [6.45, 7) is 0. The molecule has 0 spiro atoms. The highest BCUT2D eigenvalue weighted by atomic mass is 79.9. The number of alkyl halides is 1. The average Bonchev–Trinajstić information content (AvgIpc) is 2.03. The van der Waals surface area contributed by atoms with Gasteiger partial charge in [-0.05, 0) is 12.1 Å². The second-order valence-electron chi connectivity index (χ2n) is 2.28. The van der Waals surface area contributed by atoms with Gasteiger partial charge in [-0.15, -0.1) is 0 Å². The van der Waals surface area contributed by atoms with Crippen molar-refractivity contribution in [1.82, 2.24) is 0 Å². The molecule has 0 radical (unpaired) electrons. The Labute approximate surface area is 83.8 Å². The fourth-order valence-electron chi connectivity index (χ4n) is 0.801. The Kier molecular flexibility index (Phi) is 3.26. The summed E-state index contributed by atoms with van der Waals surface area (Å²) in [5, 5.41) is 0. The maximum Gasteiger partial charge on any atom is 0.194 e. The summed E-state index contributed by atoms with van der Waals surface area (Å²) in [6.07, 6.45) is 0. The Hall–Kier alpha value is -0.380. The lowest BCUT2D eigenvalue weighted by atomic mass is 10.1. The second-order valence-corrected chi connectivity index (χ2v) is 3.66. The zero-order valence-electron chi connectivity index (χ0n) is 6.13. The highest BCUT2D eigenvalue weighted by Crippen LogP contribution is 2.13. The van der Waals surface area contributed by atoms with E-state index in [1.807, 2.05) is 6.07 Å². The first-order valence-electron chi connectivity index (χ1n) is 3.30. The first-order valence-corrected chi connectivity index (χ1v) is 4.53. The molecule has 1 atom stereocenters. The minimum Gasteiger partial charge on any atom is -0.309 e. The summed E-state index contributed by atoms with van der Waals surface area (Å²) >= 11 is 8.67. The van der Waals surface area contributed by atoms with Crippen molar-refractivity contribution in [3.63, 3.8) is 0 Å². The van der Waals surface area contributed by atoms with Crippen molar-refractivity contribution in [2.75, 3.05) is 0 Å². The van der Waals surface area contributed by atoms with Crippen LogP contribution in [0.25, 0.3) is 0 Å². The molecule has 0 aliphatic heterocycles. The van der Waals surface area contributed by atoms with Gasteiger partial charge in [0.1, 0.15) is 5.50 Å². The zero-order chi connectivity index (χ0) is 9.14. The van der Waals surface area contributed by atoms with Crippen LogP contribution in [0.3, 0.4) is 0 Å². The molecular formula is C8H7BrClNO. The van der Waals surface area contributed by atoms with E-state index < -0.39 is 5.50 Å². The minimum absolute atomic E-state index is 0.266. The molecule has 0 fully saturated rings. The van der Waals surface area contributed by atoms with Crippen LogP contribution in [0.15, 0.2) is 28.7 Å². The number of benzene rings is 1. The lowest BCUT2D eigenvalue weighted by Gasteiger charge is -2.01. The Morgan fingerprint density at radius 2 is 2.25 bits per heavy atom. The predicted molar refractivity (Wildman–Crippen MR) is 52.3 cm³/mol. The van der Waals surface area contributed by atoms with E-state index in [-0.39, 0.29) is 5.78 Å². The topological polar surface area (TPSA) is 43.1 Å². The van der Waals surface area contributed by atoms with E-state index >= 15 is 0 Å². The third kappa shape index (κ3) is 2.30. The molecule has 0 aliphatic rings.